The minimum Gasteiger partial charge on any atom is -0.329 e. The monoisotopic (exact) mass is 519 g/mol. The van der Waals surface area contributed by atoms with Crippen molar-refractivity contribution in [2.24, 2.45) is 0 Å². The first kappa shape index (κ1) is 25.4. The van der Waals surface area contributed by atoms with E-state index in [-0.39, 0.29) is 4.90 Å². The van der Waals surface area contributed by atoms with E-state index < -0.39 is 28.1 Å². The van der Waals surface area contributed by atoms with Gasteiger partial charge in [0.1, 0.15) is 0 Å². The number of halogens is 1. The van der Waals surface area contributed by atoms with Gasteiger partial charge in [0.25, 0.3) is 0 Å². The molecule has 36 heavy (non-hydrogen) atoms. The largest absolute Gasteiger partial charge is 0.329 e. The summed E-state index contributed by atoms with van der Waals surface area (Å²) in [4.78, 5) is 13.2. The number of carbonyl (C=O) groups is 1. The number of rotatable bonds is 8. The molecular weight excluding hydrogens is 494 g/mol. The van der Waals surface area contributed by atoms with Gasteiger partial charge < -0.3 is 10.6 Å². The fourth-order valence-corrected chi connectivity index (χ4v) is 5.17. The maximum atomic E-state index is 13.4. The second kappa shape index (κ2) is 11.4. The van der Waals surface area contributed by atoms with Gasteiger partial charge in [-0.2, -0.15) is 0 Å². The third-order valence-corrected chi connectivity index (χ3v) is 7.36. The summed E-state index contributed by atoms with van der Waals surface area (Å²) < 4.78 is 29.7. The molecule has 0 saturated carbocycles. The molecular formula is C28H26ClN3O3S. The van der Waals surface area contributed by atoms with Crippen molar-refractivity contribution in [1.29, 1.82) is 0 Å². The van der Waals surface area contributed by atoms with Crippen molar-refractivity contribution in [2.75, 3.05) is 5.32 Å². The maximum Gasteiger partial charge on any atom is 0.319 e. The maximum absolute atomic E-state index is 13.4. The van der Waals surface area contributed by atoms with Crippen LogP contribution in [-0.4, -0.2) is 14.4 Å². The highest BCUT2D eigenvalue weighted by molar-refractivity contribution is 7.89. The van der Waals surface area contributed by atoms with Crippen LogP contribution < -0.4 is 15.4 Å². The number of anilines is 1. The van der Waals surface area contributed by atoms with Gasteiger partial charge in [-0.1, -0.05) is 90.0 Å². The highest BCUT2D eigenvalue weighted by Crippen LogP contribution is 2.31. The smallest absolute Gasteiger partial charge is 0.319 e. The number of hydrogen-bond acceptors (Lipinski definition) is 3. The van der Waals surface area contributed by atoms with Crippen molar-refractivity contribution in [2.45, 2.75) is 23.9 Å². The van der Waals surface area contributed by atoms with E-state index in [2.05, 4.69) is 15.4 Å². The summed E-state index contributed by atoms with van der Waals surface area (Å²) in [6.07, 6.45) is 0. The van der Waals surface area contributed by atoms with Gasteiger partial charge in [-0.25, -0.2) is 17.9 Å². The van der Waals surface area contributed by atoms with Crippen LogP contribution in [0.3, 0.4) is 0 Å². The lowest BCUT2D eigenvalue weighted by molar-refractivity contribution is 0.245. The van der Waals surface area contributed by atoms with E-state index in [1.54, 1.807) is 48.5 Å². The zero-order chi connectivity index (χ0) is 25.5. The van der Waals surface area contributed by atoms with E-state index in [9.17, 15) is 13.2 Å². The number of urea groups is 1. The van der Waals surface area contributed by atoms with Crippen molar-refractivity contribution >= 4 is 33.3 Å². The van der Waals surface area contributed by atoms with Crippen LogP contribution in [-0.2, 0) is 10.0 Å². The van der Waals surface area contributed by atoms with Gasteiger partial charge in [-0.05, 0) is 54.4 Å². The molecule has 0 saturated heterocycles. The summed E-state index contributed by atoms with van der Waals surface area (Å²) in [7, 11) is -3.91. The van der Waals surface area contributed by atoms with E-state index in [4.69, 9.17) is 11.6 Å². The molecule has 2 atom stereocenters. The lowest BCUT2D eigenvalue weighted by atomic mass is 9.94. The first-order valence-electron chi connectivity index (χ1n) is 11.3. The first-order valence-corrected chi connectivity index (χ1v) is 13.2. The normalized spacial score (nSPS) is 12.9. The first-order chi connectivity index (χ1) is 17.3. The number of amides is 2. The van der Waals surface area contributed by atoms with Gasteiger partial charge in [-0.3, -0.25) is 0 Å². The summed E-state index contributed by atoms with van der Waals surface area (Å²) >= 11 is 5.95. The predicted molar refractivity (Wildman–Crippen MR) is 143 cm³/mol. The van der Waals surface area contributed by atoms with Crippen LogP contribution in [0.4, 0.5) is 10.5 Å². The Balaban J connectivity index is 1.70. The Morgan fingerprint density at radius 2 is 1.25 bits per heavy atom. The zero-order valence-electron chi connectivity index (χ0n) is 19.6. The Kier molecular flexibility index (Phi) is 8.05. The van der Waals surface area contributed by atoms with Gasteiger partial charge in [0.15, 0.2) is 0 Å². The molecule has 0 bridgehead atoms. The number of benzene rings is 4. The van der Waals surface area contributed by atoms with Crippen molar-refractivity contribution in [3.8, 4) is 0 Å². The van der Waals surface area contributed by atoms with Gasteiger partial charge >= 0.3 is 6.03 Å². The van der Waals surface area contributed by atoms with E-state index >= 15 is 0 Å². The van der Waals surface area contributed by atoms with Crippen molar-refractivity contribution in [1.82, 2.24) is 10.0 Å². The average molecular weight is 520 g/mol. The molecule has 4 aromatic rings. The molecule has 4 rings (SSSR count). The summed E-state index contributed by atoms with van der Waals surface area (Å²) in [5, 5.41) is 6.31. The second-order valence-corrected chi connectivity index (χ2v) is 10.5. The van der Waals surface area contributed by atoms with Gasteiger partial charge in [0.05, 0.1) is 17.0 Å². The van der Waals surface area contributed by atoms with Gasteiger partial charge in [0.2, 0.25) is 10.0 Å². The molecule has 0 aromatic heterocycles. The van der Waals surface area contributed by atoms with Crippen LogP contribution in [0.15, 0.2) is 114 Å². The van der Waals surface area contributed by atoms with E-state index in [0.29, 0.717) is 16.3 Å². The lowest BCUT2D eigenvalue weighted by Crippen LogP contribution is -2.42. The molecule has 6 nitrogen and oxygen atoms in total. The van der Waals surface area contributed by atoms with Crippen molar-refractivity contribution in [3.05, 3.63) is 131 Å². The second-order valence-electron chi connectivity index (χ2n) is 8.32. The molecule has 4 aromatic carbocycles. The molecule has 0 aliphatic carbocycles. The summed E-state index contributed by atoms with van der Waals surface area (Å²) in [6, 6.07) is 29.8. The molecule has 3 N–H and O–H groups in total. The number of sulfonamides is 1. The summed E-state index contributed by atoms with van der Waals surface area (Å²) in [5.41, 5.74) is 2.95. The van der Waals surface area contributed by atoms with E-state index in [1.807, 2.05) is 67.6 Å². The minimum absolute atomic E-state index is 0.145. The molecule has 0 spiro atoms. The number of hydrogen-bond donors (Lipinski definition) is 3. The number of carbonyl (C=O) groups excluding carboxylic acids is 1. The lowest BCUT2D eigenvalue weighted by Gasteiger charge is -2.30. The van der Waals surface area contributed by atoms with Gasteiger partial charge in [0, 0.05) is 10.7 Å². The Morgan fingerprint density at radius 1 is 0.722 bits per heavy atom. The van der Waals surface area contributed by atoms with Crippen LogP contribution in [0, 0.1) is 6.92 Å². The van der Waals surface area contributed by atoms with Crippen molar-refractivity contribution < 1.29 is 13.2 Å². The van der Waals surface area contributed by atoms with Crippen LogP contribution in [0.1, 0.15) is 28.8 Å². The molecule has 0 aliphatic heterocycles. The van der Waals surface area contributed by atoms with Crippen LogP contribution >= 0.6 is 11.6 Å². The van der Waals surface area contributed by atoms with Crippen LogP contribution in [0.2, 0.25) is 5.02 Å². The molecule has 0 heterocycles. The molecule has 0 radical (unpaired) electrons. The Labute approximate surface area is 216 Å². The predicted octanol–water partition coefficient (Wildman–Crippen LogP) is 6.23. The molecule has 184 valence electrons. The van der Waals surface area contributed by atoms with Crippen LogP contribution in [0.25, 0.3) is 0 Å². The highest BCUT2D eigenvalue weighted by Gasteiger charge is 2.31. The summed E-state index contributed by atoms with van der Waals surface area (Å²) in [6.45, 7) is 1.89. The minimum atomic E-state index is -3.91. The molecule has 2 unspecified atom stereocenters. The Hall–Kier alpha value is -3.65. The SMILES string of the molecule is Cc1ccc(S(=O)(=O)NC(c2ccccc2)C(NC(=O)Nc2ccc(Cl)cc2)c2ccccc2)cc1. The standard InChI is InChI=1S/C28H26ClN3O3S/c1-20-12-18-25(19-13-20)36(34,35)32-27(22-10-6-3-7-11-22)26(21-8-4-2-5-9-21)31-28(33)30-24-16-14-23(29)15-17-24/h2-19,26-27,32H,1H3,(H2,30,31,33). The Morgan fingerprint density at radius 3 is 1.81 bits per heavy atom. The Bertz CT molecular complexity index is 1400. The molecule has 2 amide bonds. The third kappa shape index (κ3) is 6.51. The zero-order valence-corrected chi connectivity index (χ0v) is 21.1. The van der Waals surface area contributed by atoms with E-state index in [0.717, 1.165) is 11.1 Å². The number of nitrogens with one attached hydrogen (secondary N) is 3. The molecule has 0 aliphatic rings. The fraction of sp³-hybridized carbons (Fsp3) is 0.107. The van der Waals surface area contributed by atoms with Gasteiger partial charge in [-0.15, -0.1) is 0 Å². The van der Waals surface area contributed by atoms with Crippen molar-refractivity contribution in [3.63, 3.8) is 0 Å². The topological polar surface area (TPSA) is 87.3 Å². The third-order valence-electron chi connectivity index (χ3n) is 5.65. The van der Waals surface area contributed by atoms with Crippen LogP contribution in [0.5, 0.6) is 0 Å². The highest BCUT2D eigenvalue weighted by atomic mass is 35.5. The molecule has 8 heteroatoms. The fourth-order valence-electron chi connectivity index (χ4n) is 3.80. The summed E-state index contributed by atoms with van der Waals surface area (Å²) in [5.74, 6) is 0. The quantitative estimate of drug-likeness (QED) is 0.258. The number of aryl methyl sites for hydroxylation is 1. The average Bonchev–Trinajstić information content (AvgIpc) is 2.89. The van der Waals surface area contributed by atoms with E-state index in [1.165, 1.54) is 0 Å². The molecule has 0 fully saturated rings.